The highest BCUT2D eigenvalue weighted by molar-refractivity contribution is 5.77. The molecule has 0 spiro atoms. The minimum Gasteiger partial charge on any atom is -0.444 e. The fourth-order valence-electron chi connectivity index (χ4n) is 2.35. The fourth-order valence-corrected chi connectivity index (χ4v) is 2.35. The van der Waals surface area contributed by atoms with Crippen molar-refractivity contribution in [2.45, 2.75) is 45.8 Å². The molecule has 0 aliphatic rings. The number of amides is 2. The van der Waals surface area contributed by atoms with Gasteiger partial charge in [-0.1, -0.05) is 12.1 Å². The van der Waals surface area contributed by atoms with Crippen LogP contribution in [0.4, 0.5) is 4.79 Å². The van der Waals surface area contributed by atoms with Crippen molar-refractivity contribution in [1.82, 2.24) is 20.2 Å². The maximum absolute atomic E-state index is 11.8. The highest BCUT2D eigenvalue weighted by atomic mass is 16.6. The third-order valence-corrected chi connectivity index (χ3v) is 3.45. The third-order valence-electron chi connectivity index (χ3n) is 3.45. The molecule has 0 saturated carbocycles. The topological polar surface area (TPSA) is 85.2 Å². The molecule has 0 saturated heterocycles. The number of aryl methyl sites for hydroxylation is 1. The Morgan fingerprint density at radius 2 is 1.92 bits per heavy atom. The lowest BCUT2D eigenvalue weighted by atomic mass is 10.2. The average molecular weight is 346 g/mol. The van der Waals surface area contributed by atoms with Crippen molar-refractivity contribution in [3.05, 3.63) is 30.6 Å². The summed E-state index contributed by atoms with van der Waals surface area (Å²) in [6.45, 7) is 7.01. The molecular weight excluding hydrogens is 320 g/mol. The van der Waals surface area contributed by atoms with Crippen LogP contribution in [0.15, 0.2) is 30.6 Å². The van der Waals surface area contributed by atoms with Crippen LogP contribution in [0.2, 0.25) is 0 Å². The number of imidazole rings is 1. The van der Waals surface area contributed by atoms with E-state index < -0.39 is 11.7 Å². The third kappa shape index (κ3) is 6.45. The molecule has 1 heterocycles. The van der Waals surface area contributed by atoms with E-state index in [4.69, 9.17) is 4.74 Å². The van der Waals surface area contributed by atoms with Gasteiger partial charge in [-0.2, -0.15) is 0 Å². The molecular formula is C18H26N4O3. The maximum atomic E-state index is 11.8. The Hall–Kier alpha value is -2.57. The van der Waals surface area contributed by atoms with Crippen LogP contribution in [0.1, 0.15) is 33.6 Å². The van der Waals surface area contributed by atoms with Crippen LogP contribution in [0.5, 0.6) is 0 Å². The monoisotopic (exact) mass is 346 g/mol. The SMILES string of the molecule is CC(C)(C)OC(=O)NCCC(=O)NCCCn1cnc2ccccc21. The molecule has 0 fully saturated rings. The number of ether oxygens (including phenoxy) is 1. The second kappa shape index (κ2) is 8.50. The summed E-state index contributed by atoms with van der Waals surface area (Å²) >= 11 is 0. The average Bonchev–Trinajstić information content (AvgIpc) is 2.93. The highest BCUT2D eigenvalue weighted by Gasteiger charge is 2.15. The van der Waals surface area contributed by atoms with Crippen molar-refractivity contribution >= 4 is 23.0 Å². The first-order valence-corrected chi connectivity index (χ1v) is 8.48. The smallest absolute Gasteiger partial charge is 0.407 e. The number of benzene rings is 1. The first-order valence-electron chi connectivity index (χ1n) is 8.48. The van der Waals surface area contributed by atoms with Gasteiger partial charge in [0.25, 0.3) is 0 Å². The Labute approximate surface area is 147 Å². The molecule has 136 valence electrons. The summed E-state index contributed by atoms with van der Waals surface area (Å²) in [6, 6.07) is 7.96. The number of hydrogen-bond donors (Lipinski definition) is 2. The molecule has 2 rings (SSSR count). The number of nitrogens with zero attached hydrogens (tertiary/aromatic N) is 2. The number of carbonyl (C=O) groups excluding carboxylic acids is 2. The number of nitrogens with one attached hydrogen (secondary N) is 2. The number of rotatable bonds is 7. The van der Waals surface area contributed by atoms with Crippen molar-refractivity contribution in [2.75, 3.05) is 13.1 Å². The standard InChI is InChI=1S/C18H26N4O3/c1-18(2,3)25-17(24)20-11-9-16(23)19-10-6-12-22-13-21-14-7-4-5-8-15(14)22/h4-5,7-8,13H,6,9-12H2,1-3H3,(H,19,23)(H,20,24). The van der Waals surface area contributed by atoms with Gasteiger partial charge >= 0.3 is 6.09 Å². The number of carbonyl (C=O) groups is 2. The second-order valence-corrected chi connectivity index (χ2v) is 6.81. The van der Waals surface area contributed by atoms with E-state index in [0.717, 1.165) is 24.0 Å². The molecule has 2 aromatic rings. The van der Waals surface area contributed by atoms with Gasteiger partial charge in [-0.25, -0.2) is 9.78 Å². The molecule has 25 heavy (non-hydrogen) atoms. The summed E-state index contributed by atoms with van der Waals surface area (Å²) in [4.78, 5) is 27.6. The van der Waals surface area contributed by atoms with Gasteiger partial charge in [0.15, 0.2) is 0 Å². The molecule has 0 radical (unpaired) electrons. The van der Waals surface area contributed by atoms with E-state index in [1.54, 1.807) is 20.8 Å². The van der Waals surface area contributed by atoms with Crippen molar-refractivity contribution in [3.8, 4) is 0 Å². The van der Waals surface area contributed by atoms with Crippen LogP contribution in [-0.2, 0) is 16.1 Å². The Morgan fingerprint density at radius 1 is 1.16 bits per heavy atom. The molecule has 0 unspecified atom stereocenters. The zero-order valence-electron chi connectivity index (χ0n) is 15.0. The van der Waals surface area contributed by atoms with Gasteiger partial charge in [-0.05, 0) is 39.3 Å². The highest BCUT2D eigenvalue weighted by Crippen LogP contribution is 2.11. The molecule has 7 heteroatoms. The van der Waals surface area contributed by atoms with E-state index >= 15 is 0 Å². The van der Waals surface area contributed by atoms with Gasteiger partial charge in [0.05, 0.1) is 17.4 Å². The van der Waals surface area contributed by atoms with E-state index in [-0.39, 0.29) is 18.9 Å². The van der Waals surface area contributed by atoms with E-state index in [0.29, 0.717) is 6.54 Å². The van der Waals surface area contributed by atoms with Crippen molar-refractivity contribution in [1.29, 1.82) is 0 Å². The van der Waals surface area contributed by atoms with Crippen LogP contribution >= 0.6 is 0 Å². The van der Waals surface area contributed by atoms with E-state index in [1.165, 1.54) is 0 Å². The zero-order chi connectivity index (χ0) is 18.3. The minimum absolute atomic E-state index is 0.0912. The summed E-state index contributed by atoms with van der Waals surface area (Å²) in [5.41, 5.74) is 1.53. The summed E-state index contributed by atoms with van der Waals surface area (Å²) < 4.78 is 7.18. The quantitative estimate of drug-likeness (QED) is 0.754. The van der Waals surface area contributed by atoms with Crippen LogP contribution in [-0.4, -0.2) is 40.2 Å². The first-order chi connectivity index (χ1) is 11.8. The molecule has 2 N–H and O–H groups in total. The Kier molecular flexibility index (Phi) is 6.38. The Balaban J connectivity index is 1.60. The first kappa shape index (κ1) is 18.8. The lowest BCUT2D eigenvalue weighted by Crippen LogP contribution is -2.35. The number of hydrogen-bond acceptors (Lipinski definition) is 4. The summed E-state index contributed by atoms with van der Waals surface area (Å²) in [6.07, 6.45) is 2.35. The van der Waals surface area contributed by atoms with E-state index in [1.807, 2.05) is 30.6 Å². The van der Waals surface area contributed by atoms with Crippen molar-refractivity contribution in [3.63, 3.8) is 0 Å². The van der Waals surface area contributed by atoms with Crippen molar-refractivity contribution in [2.24, 2.45) is 0 Å². The Bertz CT molecular complexity index is 718. The van der Waals surface area contributed by atoms with Gasteiger partial charge < -0.3 is 19.9 Å². The molecule has 0 atom stereocenters. The zero-order valence-corrected chi connectivity index (χ0v) is 15.0. The number of alkyl carbamates (subject to hydrolysis) is 1. The largest absolute Gasteiger partial charge is 0.444 e. The molecule has 0 aliphatic heterocycles. The predicted octanol–water partition coefficient (Wildman–Crippen LogP) is 2.46. The minimum atomic E-state index is -0.538. The van der Waals surface area contributed by atoms with Gasteiger partial charge in [-0.3, -0.25) is 4.79 Å². The predicted molar refractivity (Wildman–Crippen MR) is 96.2 cm³/mol. The van der Waals surface area contributed by atoms with Crippen LogP contribution in [0.3, 0.4) is 0 Å². The van der Waals surface area contributed by atoms with E-state index in [2.05, 4.69) is 20.2 Å². The summed E-state index contributed by atoms with van der Waals surface area (Å²) in [5.74, 6) is -0.0912. The van der Waals surface area contributed by atoms with Crippen LogP contribution in [0.25, 0.3) is 11.0 Å². The van der Waals surface area contributed by atoms with Crippen LogP contribution < -0.4 is 10.6 Å². The number of fused-ring (bicyclic) bond motifs is 1. The molecule has 7 nitrogen and oxygen atoms in total. The van der Waals surface area contributed by atoms with Crippen LogP contribution in [0, 0.1) is 0 Å². The van der Waals surface area contributed by atoms with E-state index in [9.17, 15) is 9.59 Å². The molecule has 0 bridgehead atoms. The van der Waals surface area contributed by atoms with Gasteiger partial charge in [0.2, 0.25) is 5.91 Å². The molecule has 1 aromatic carbocycles. The van der Waals surface area contributed by atoms with Gasteiger partial charge in [0.1, 0.15) is 5.60 Å². The number of aromatic nitrogens is 2. The summed E-state index contributed by atoms with van der Waals surface area (Å²) in [7, 11) is 0. The summed E-state index contributed by atoms with van der Waals surface area (Å²) in [5, 5.41) is 5.42. The fraction of sp³-hybridized carbons (Fsp3) is 0.500. The second-order valence-electron chi connectivity index (χ2n) is 6.81. The molecule has 2 amide bonds. The lowest BCUT2D eigenvalue weighted by Gasteiger charge is -2.19. The normalized spacial score (nSPS) is 11.3. The molecule has 0 aliphatic carbocycles. The Morgan fingerprint density at radius 3 is 2.68 bits per heavy atom. The van der Waals surface area contributed by atoms with Crippen molar-refractivity contribution < 1.29 is 14.3 Å². The van der Waals surface area contributed by atoms with Gasteiger partial charge in [0, 0.05) is 26.1 Å². The van der Waals surface area contributed by atoms with Gasteiger partial charge in [-0.15, -0.1) is 0 Å². The molecule has 1 aromatic heterocycles. The number of para-hydroxylation sites is 2. The maximum Gasteiger partial charge on any atom is 0.407 e. The lowest BCUT2D eigenvalue weighted by molar-refractivity contribution is -0.120.